The second-order valence-electron chi connectivity index (χ2n) is 2.14. The summed E-state index contributed by atoms with van der Waals surface area (Å²) >= 11 is 0. The van der Waals surface area contributed by atoms with Gasteiger partial charge in [-0.05, 0) is 12.1 Å². The molecule has 5 nitrogen and oxygen atoms in total. The lowest BCUT2D eigenvalue weighted by molar-refractivity contribution is 0.254. The van der Waals surface area contributed by atoms with E-state index in [-0.39, 0.29) is 6.03 Å². The molecule has 0 aliphatic heterocycles. The summed E-state index contributed by atoms with van der Waals surface area (Å²) in [6, 6.07) is 3.06. The van der Waals surface area contributed by atoms with Crippen molar-refractivity contribution in [1.29, 1.82) is 0 Å². The van der Waals surface area contributed by atoms with Crippen LogP contribution in [0.5, 0.6) is 0 Å². The predicted octanol–water partition coefficient (Wildman–Crippen LogP) is 0.415. The number of nitrogens with one attached hydrogen (secondary N) is 2. The Hall–Kier alpha value is -1.78. The van der Waals surface area contributed by atoms with Crippen molar-refractivity contribution in [3.63, 3.8) is 0 Å². The largest absolute Gasteiger partial charge is 0.382 e. The SMILES string of the molecule is CNC(=O)Nc1cccnc1N. The maximum Gasteiger partial charge on any atom is 0.319 e. The Labute approximate surface area is 70.0 Å². The number of carbonyl (C=O) groups excluding carboxylic acids is 1. The van der Waals surface area contributed by atoms with Crippen LogP contribution in [0.1, 0.15) is 0 Å². The molecular weight excluding hydrogens is 156 g/mol. The average Bonchev–Trinajstić information content (AvgIpc) is 2.09. The lowest BCUT2D eigenvalue weighted by Gasteiger charge is -2.05. The summed E-state index contributed by atoms with van der Waals surface area (Å²) in [6.07, 6.45) is 1.56. The van der Waals surface area contributed by atoms with E-state index in [4.69, 9.17) is 5.73 Å². The summed E-state index contributed by atoms with van der Waals surface area (Å²) in [5.74, 6) is 0.307. The summed E-state index contributed by atoms with van der Waals surface area (Å²) in [5.41, 5.74) is 5.98. The van der Waals surface area contributed by atoms with Crippen LogP contribution in [0.25, 0.3) is 0 Å². The predicted molar refractivity (Wildman–Crippen MR) is 46.7 cm³/mol. The molecule has 0 aliphatic carbocycles. The van der Waals surface area contributed by atoms with Crippen molar-refractivity contribution in [3.8, 4) is 0 Å². The maximum absolute atomic E-state index is 10.8. The van der Waals surface area contributed by atoms with Crippen LogP contribution in [0.2, 0.25) is 0 Å². The van der Waals surface area contributed by atoms with Gasteiger partial charge < -0.3 is 16.4 Å². The quantitative estimate of drug-likeness (QED) is 0.565. The van der Waals surface area contributed by atoms with E-state index in [1.54, 1.807) is 18.3 Å². The molecule has 0 aromatic carbocycles. The molecule has 0 saturated carbocycles. The molecule has 1 rings (SSSR count). The van der Waals surface area contributed by atoms with Gasteiger partial charge in [-0.2, -0.15) is 0 Å². The highest BCUT2D eigenvalue weighted by atomic mass is 16.2. The molecule has 12 heavy (non-hydrogen) atoms. The Balaban J connectivity index is 2.75. The number of urea groups is 1. The number of hydrogen-bond acceptors (Lipinski definition) is 3. The fourth-order valence-corrected chi connectivity index (χ4v) is 0.708. The summed E-state index contributed by atoms with van der Waals surface area (Å²) in [7, 11) is 1.53. The molecule has 0 aliphatic rings. The highest BCUT2D eigenvalue weighted by molar-refractivity contribution is 5.91. The molecule has 2 amide bonds. The van der Waals surface area contributed by atoms with Crippen molar-refractivity contribution in [2.75, 3.05) is 18.1 Å². The molecule has 0 atom stereocenters. The van der Waals surface area contributed by atoms with Gasteiger partial charge in [-0.25, -0.2) is 9.78 Å². The zero-order chi connectivity index (χ0) is 8.97. The molecule has 0 saturated heterocycles. The fraction of sp³-hybridized carbons (Fsp3) is 0.143. The molecule has 0 spiro atoms. The van der Waals surface area contributed by atoms with Crippen molar-refractivity contribution in [2.24, 2.45) is 0 Å². The Kier molecular flexibility index (Phi) is 2.47. The Bertz CT molecular complexity index is 286. The summed E-state index contributed by atoms with van der Waals surface area (Å²) in [5, 5.41) is 4.93. The molecule has 0 radical (unpaired) electrons. The molecule has 1 heterocycles. The van der Waals surface area contributed by atoms with E-state index in [0.717, 1.165) is 0 Å². The average molecular weight is 166 g/mol. The minimum Gasteiger partial charge on any atom is -0.382 e. The minimum absolute atomic E-state index is 0.307. The number of nitrogen functional groups attached to an aromatic ring is 1. The first-order chi connectivity index (χ1) is 5.74. The first-order valence-electron chi connectivity index (χ1n) is 3.43. The van der Waals surface area contributed by atoms with Gasteiger partial charge in [0.25, 0.3) is 0 Å². The Morgan fingerprint density at radius 2 is 2.42 bits per heavy atom. The molecule has 5 heteroatoms. The van der Waals surface area contributed by atoms with Crippen LogP contribution < -0.4 is 16.4 Å². The number of amides is 2. The zero-order valence-electron chi connectivity index (χ0n) is 6.66. The molecule has 4 N–H and O–H groups in total. The van der Waals surface area contributed by atoms with Gasteiger partial charge >= 0.3 is 6.03 Å². The van der Waals surface area contributed by atoms with Gasteiger partial charge in [0.1, 0.15) is 5.82 Å². The minimum atomic E-state index is -0.310. The van der Waals surface area contributed by atoms with Gasteiger partial charge in [0.15, 0.2) is 0 Å². The summed E-state index contributed by atoms with van der Waals surface area (Å²) in [6.45, 7) is 0. The van der Waals surface area contributed by atoms with E-state index in [1.165, 1.54) is 7.05 Å². The van der Waals surface area contributed by atoms with E-state index in [0.29, 0.717) is 11.5 Å². The number of nitrogens with zero attached hydrogens (tertiary/aromatic N) is 1. The third kappa shape index (κ3) is 1.85. The molecular formula is C7H10N4O. The molecule has 0 bridgehead atoms. The highest BCUT2D eigenvalue weighted by Gasteiger charge is 2.01. The number of hydrogen-bond donors (Lipinski definition) is 3. The van der Waals surface area contributed by atoms with E-state index < -0.39 is 0 Å². The van der Waals surface area contributed by atoms with Gasteiger partial charge in [0.05, 0.1) is 5.69 Å². The number of anilines is 2. The third-order valence-corrected chi connectivity index (χ3v) is 1.31. The standard InChI is InChI=1S/C7H10N4O/c1-9-7(12)11-5-3-2-4-10-6(5)8/h2-4H,1H3,(H2,8,10)(H2,9,11,12). The highest BCUT2D eigenvalue weighted by Crippen LogP contribution is 2.12. The number of aromatic nitrogens is 1. The van der Waals surface area contributed by atoms with Gasteiger partial charge in [0.2, 0.25) is 0 Å². The van der Waals surface area contributed by atoms with Crippen molar-refractivity contribution in [1.82, 2.24) is 10.3 Å². The van der Waals surface area contributed by atoms with Gasteiger partial charge in [-0.1, -0.05) is 0 Å². The topological polar surface area (TPSA) is 80.0 Å². The number of carbonyl (C=O) groups is 1. The Morgan fingerprint density at radius 3 is 3.00 bits per heavy atom. The molecule has 0 unspecified atom stereocenters. The lowest BCUT2D eigenvalue weighted by atomic mass is 10.4. The molecule has 0 fully saturated rings. The van der Waals surface area contributed by atoms with E-state index in [2.05, 4.69) is 15.6 Å². The van der Waals surface area contributed by atoms with E-state index in [9.17, 15) is 4.79 Å². The monoisotopic (exact) mass is 166 g/mol. The van der Waals surface area contributed by atoms with Crippen molar-refractivity contribution in [3.05, 3.63) is 18.3 Å². The molecule has 1 aromatic rings. The van der Waals surface area contributed by atoms with Crippen molar-refractivity contribution >= 4 is 17.5 Å². The fourth-order valence-electron chi connectivity index (χ4n) is 0.708. The van der Waals surface area contributed by atoms with Crippen molar-refractivity contribution < 1.29 is 4.79 Å². The maximum atomic E-state index is 10.8. The van der Waals surface area contributed by atoms with Crippen LogP contribution in [0.4, 0.5) is 16.3 Å². The van der Waals surface area contributed by atoms with E-state index >= 15 is 0 Å². The number of nitrogens with two attached hydrogens (primary N) is 1. The number of pyridine rings is 1. The summed E-state index contributed by atoms with van der Waals surface area (Å²) < 4.78 is 0. The zero-order valence-corrected chi connectivity index (χ0v) is 6.66. The van der Waals surface area contributed by atoms with E-state index in [1.807, 2.05) is 0 Å². The second kappa shape index (κ2) is 3.56. The second-order valence-corrected chi connectivity index (χ2v) is 2.14. The van der Waals surface area contributed by atoms with Crippen LogP contribution in [0.15, 0.2) is 18.3 Å². The van der Waals surface area contributed by atoms with Gasteiger partial charge in [-0.15, -0.1) is 0 Å². The molecule has 1 aromatic heterocycles. The summed E-state index contributed by atoms with van der Waals surface area (Å²) in [4.78, 5) is 14.6. The van der Waals surface area contributed by atoms with Crippen LogP contribution in [-0.2, 0) is 0 Å². The van der Waals surface area contributed by atoms with Crippen molar-refractivity contribution in [2.45, 2.75) is 0 Å². The van der Waals surface area contributed by atoms with Gasteiger partial charge in [-0.3, -0.25) is 0 Å². The van der Waals surface area contributed by atoms with Crippen LogP contribution in [-0.4, -0.2) is 18.1 Å². The molecule has 64 valence electrons. The van der Waals surface area contributed by atoms with Gasteiger partial charge in [0, 0.05) is 13.2 Å². The Morgan fingerprint density at radius 1 is 1.67 bits per heavy atom. The lowest BCUT2D eigenvalue weighted by Crippen LogP contribution is -2.25. The van der Waals surface area contributed by atoms with Crippen LogP contribution in [0, 0.1) is 0 Å². The first-order valence-corrected chi connectivity index (χ1v) is 3.43. The normalized spacial score (nSPS) is 9.08. The smallest absolute Gasteiger partial charge is 0.319 e. The van der Waals surface area contributed by atoms with Crippen LogP contribution >= 0.6 is 0 Å². The number of rotatable bonds is 1. The third-order valence-electron chi connectivity index (χ3n) is 1.31. The van der Waals surface area contributed by atoms with Crippen LogP contribution in [0.3, 0.4) is 0 Å². The first kappa shape index (κ1) is 8.32.